The van der Waals surface area contributed by atoms with E-state index in [-0.39, 0.29) is 20.9 Å². The molecule has 0 atom stereocenters. The second kappa shape index (κ2) is 8.32. The third kappa shape index (κ3) is 3.80. The molecule has 5 heteroatoms. The molecule has 0 radical (unpaired) electrons. The fourth-order valence-electron chi connectivity index (χ4n) is 2.40. The van der Waals surface area contributed by atoms with Gasteiger partial charge in [-0.25, -0.2) is 0 Å². The van der Waals surface area contributed by atoms with E-state index in [0.29, 0.717) is 0 Å². The Labute approximate surface area is 152 Å². The maximum atomic E-state index is 5.36. The van der Waals surface area contributed by atoms with Gasteiger partial charge < -0.3 is 0 Å². The Bertz CT molecular complexity index is 786. The normalized spacial score (nSPS) is 10.8. The molecule has 0 bridgehead atoms. The molecule has 0 aliphatic carbocycles. The monoisotopic (exact) mass is 437 g/mol. The molecule has 0 aliphatic heterocycles. The summed E-state index contributed by atoms with van der Waals surface area (Å²) in [5.41, 5.74) is 3.18. The van der Waals surface area contributed by atoms with Crippen LogP contribution in [0.3, 0.4) is 0 Å². The third-order valence-corrected chi connectivity index (χ3v) is 6.94. The zero-order valence-corrected chi connectivity index (χ0v) is 16.3. The van der Waals surface area contributed by atoms with Crippen molar-refractivity contribution in [3.05, 3.63) is 54.6 Å². The molecule has 4 nitrogen and oxygen atoms in total. The van der Waals surface area contributed by atoms with E-state index < -0.39 is 0 Å². The topological polar surface area (TPSA) is 39.9 Å². The van der Waals surface area contributed by atoms with Gasteiger partial charge in [0.2, 0.25) is 0 Å². The van der Waals surface area contributed by atoms with Crippen LogP contribution in [0.5, 0.6) is 5.75 Å². The number of unbranched alkanes of at least 4 members (excludes halogenated alkanes) is 1. The van der Waals surface area contributed by atoms with Gasteiger partial charge in [-0.2, -0.15) is 0 Å². The van der Waals surface area contributed by atoms with E-state index in [1.165, 1.54) is 21.1 Å². The van der Waals surface area contributed by atoms with Crippen LogP contribution in [0, 0.1) is 0 Å². The molecule has 0 unspecified atom stereocenters. The average molecular weight is 435 g/mol. The third-order valence-electron chi connectivity index (χ3n) is 3.71. The zero-order valence-electron chi connectivity index (χ0n) is 14.0. The van der Waals surface area contributed by atoms with Crippen molar-refractivity contribution in [2.75, 3.05) is 7.11 Å². The maximum absolute atomic E-state index is 5.36. The van der Waals surface area contributed by atoms with Crippen LogP contribution in [0.15, 0.2) is 54.6 Å². The van der Waals surface area contributed by atoms with Crippen molar-refractivity contribution in [3.63, 3.8) is 0 Å². The first kappa shape index (κ1) is 17.0. The molecule has 24 heavy (non-hydrogen) atoms. The van der Waals surface area contributed by atoms with Crippen molar-refractivity contribution >= 4 is 24.7 Å². The van der Waals surface area contributed by atoms with Crippen LogP contribution >= 0.6 is 0 Å². The number of aromatic nitrogens is 3. The fourth-order valence-corrected chi connectivity index (χ4v) is 5.79. The van der Waals surface area contributed by atoms with E-state index in [9.17, 15) is 0 Å². The molecule has 3 rings (SSSR count). The van der Waals surface area contributed by atoms with Crippen molar-refractivity contribution in [1.29, 1.82) is 0 Å². The van der Waals surface area contributed by atoms with Gasteiger partial charge in [-0.3, -0.25) is 0 Å². The van der Waals surface area contributed by atoms with Crippen LogP contribution < -0.4 is 8.48 Å². The van der Waals surface area contributed by atoms with E-state index in [2.05, 4.69) is 47.6 Å². The minimum atomic E-state index is -0.357. The predicted octanol–water partition coefficient (Wildman–Crippen LogP) is 3.49. The van der Waals surface area contributed by atoms with E-state index in [4.69, 9.17) is 4.74 Å². The van der Waals surface area contributed by atoms with E-state index in [1.807, 2.05) is 28.9 Å². The zero-order chi connectivity index (χ0) is 16.8. The molecular weight excluding hydrogens is 414 g/mol. The summed E-state index contributed by atoms with van der Waals surface area (Å²) in [5, 5.41) is 8.96. The first-order chi connectivity index (χ1) is 11.8. The molecule has 1 heterocycles. The SMILES string of the molecule is CCCC[Te]c1c(-c2ccccc2)nnn1-c1cccc(OC)c1. The fraction of sp³-hybridized carbons (Fsp3) is 0.263. The summed E-state index contributed by atoms with van der Waals surface area (Å²) in [5.74, 6) is 0.837. The summed E-state index contributed by atoms with van der Waals surface area (Å²) < 4.78 is 9.91. The van der Waals surface area contributed by atoms with Gasteiger partial charge in [0.15, 0.2) is 0 Å². The summed E-state index contributed by atoms with van der Waals surface area (Å²) in [4.78, 5) is 0. The van der Waals surface area contributed by atoms with Crippen molar-refractivity contribution < 1.29 is 4.74 Å². The molecule has 1 aromatic heterocycles. The van der Waals surface area contributed by atoms with Crippen molar-refractivity contribution in [1.82, 2.24) is 15.0 Å². The first-order valence-corrected chi connectivity index (χ1v) is 10.9. The molecule has 0 spiro atoms. The summed E-state index contributed by atoms with van der Waals surface area (Å²) in [6.07, 6.45) is 2.49. The number of hydrogen-bond donors (Lipinski definition) is 0. The van der Waals surface area contributed by atoms with Crippen LogP contribution in [0.2, 0.25) is 4.47 Å². The molecule has 0 saturated heterocycles. The Morgan fingerprint density at radius 2 is 1.92 bits per heavy atom. The predicted molar refractivity (Wildman–Crippen MR) is 98.5 cm³/mol. The number of methoxy groups -OCH3 is 1. The Morgan fingerprint density at radius 1 is 1.08 bits per heavy atom. The van der Waals surface area contributed by atoms with Gasteiger partial charge in [-0.05, 0) is 0 Å². The number of nitrogens with zero attached hydrogens (tertiary/aromatic N) is 3. The first-order valence-electron chi connectivity index (χ1n) is 8.12. The molecule has 0 saturated carbocycles. The van der Waals surface area contributed by atoms with Crippen LogP contribution in [0.4, 0.5) is 0 Å². The van der Waals surface area contributed by atoms with Crippen molar-refractivity contribution in [2.24, 2.45) is 0 Å². The van der Waals surface area contributed by atoms with Crippen LogP contribution in [0.1, 0.15) is 19.8 Å². The number of rotatable bonds is 7. The standard InChI is InChI=1S/C19H21N3OTe/c1-3-4-13-24-19-18(15-9-6-5-7-10-15)20-21-22(19)16-11-8-12-17(14-16)23-2/h5-12,14H,3-4,13H2,1-2H3. The van der Waals surface area contributed by atoms with Gasteiger partial charge in [0.25, 0.3) is 0 Å². The van der Waals surface area contributed by atoms with Crippen LogP contribution in [-0.2, 0) is 0 Å². The van der Waals surface area contributed by atoms with E-state index in [1.54, 1.807) is 7.11 Å². The molecule has 2 aromatic carbocycles. The molecule has 0 amide bonds. The Kier molecular flexibility index (Phi) is 5.90. The van der Waals surface area contributed by atoms with Crippen LogP contribution in [-0.4, -0.2) is 43.0 Å². The second-order valence-corrected chi connectivity index (χ2v) is 8.52. The van der Waals surface area contributed by atoms with Gasteiger partial charge in [0.1, 0.15) is 0 Å². The van der Waals surface area contributed by atoms with Crippen molar-refractivity contribution in [2.45, 2.75) is 24.2 Å². The van der Waals surface area contributed by atoms with Gasteiger partial charge in [0, 0.05) is 0 Å². The summed E-state index contributed by atoms with van der Waals surface area (Å²) in [6, 6.07) is 18.4. The Morgan fingerprint density at radius 3 is 2.67 bits per heavy atom. The molecule has 0 aliphatic rings. The molecule has 3 aromatic rings. The van der Waals surface area contributed by atoms with Crippen molar-refractivity contribution in [3.8, 4) is 22.7 Å². The van der Waals surface area contributed by atoms with Gasteiger partial charge in [-0.15, -0.1) is 0 Å². The number of ether oxygens (including phenoxy) is 1. The number of benzene rings is 2. The summed E-state index contributed by atoms with van der Waals surface area (Å²) in [7, 11) is 1.69. The molecule has 0 fully saturated rings. The van der Waals surface area contributed by atoms with Gasteiger partial charge in [-0.1, -0.05) is 0 Å². The van der Waals surface area contributed by atoms with Crippen LogP contribution in [0.25, 0.3) is 16.9 Å². The van der Waals surface area contributed by atoms with E-state index in [0.717, 1.165) is 22.7 Å². The number of hydrogen-bond acceptors (Lipinski definition) is 3. The molecule has 124 valence electrons. The Balaban J connectivity index is 2.03. The molecular formula is C19H21N3OTe. The minimum absolute atomic E-state index is 0.357. The Hall–Kier alpha value is -1.83. The molecule has 0 N–H and O–H groups in total. The summed E-state index contributed by atoms with van der Waals surface area (Å²) in [6.45, 7) is 2.24. The van der Waals surface area contributed by atoms with Gasteiger partial charge in [0.05, 0.1) is 0 Å². The van der Waals surface area contributed by atoms with E-state index >= 15 is 0 Å². The average Bonchev–Trinajstić information content (AvgIpc) is 3.06. The summed E-state index contributed by atoms with van der Waals surface area (Å²) >= 11 is -0.357. The second-order valence-electron chi connectivity index (χ2n) is 5.42. The van der Waals surface area contributed by atoms with Gasteiger partial charge >= 0.3 is 153 Å². The quantitative estimate of drug-likeness (QED) is 0.422.